The number of rotatable bonds is 5. The van der Waals surface area contributed by atoms with E-state index in [9.17, 15) is 19.6 Å². The fourth-order valence-corrected chi connectivity index (χ4v) is 3.12. The molecule has 0 amide bonds. The lowest BCUT2D eigenvalue weighted by Gasteiger charge is -2.36. The van der Waals surface area contributed by atoms with Crippen LogP contribution in [0.3, 0.4) is 0 Å². The molecule has 6 nitrogen and oxygen atoms in total. The van der Waals surface area contributed by atoms with E-state index >= 15 is 0 Å². The van der Waals surface area contributed by atoms with Gasteiger partial charge in [-0.05, 0) is 35.4 Å². The molecule has 0 aromatic heterocycles. The Morgan fingerprint density at radius 1 is 1.08 bits per heavy atom. The maximum Gasteiger partial charge on any atom is 0.292 e. The van der Waals surface area contributed by atoms with E-state index in [-0.39, 0.29) is 18.1 Å². The highest BCUT2D eigenvalue weighted by atomic mass is 19.1. The van der Waals surface area contributed by atoms with Crippen LogP contribution in [0.4, 0.5) is 15.8 Å². The standard InChI is InChI=1S/C18H20FN3O3/c19-16-3-1-2-14(10-16)12-20-6-8-21(9-7-20)18-11-15(13-23)4-5-17(18)22(24)25/h1-5,10-11,23H,6-9,12-13H2. The lowest BCUT2D eigenvalue weighted by atomic mass is 10.1. The molecule has 132 valence electrons. The summed E-state index contributed by atoms with van der Waals surface area (Å²) in [6.07, 6.45) is 0. The number of anilines is 1. The summed E-state index contributed by atoms with van der Waals surface area (Å²) >= 11 is 0. The Morgan fingerprint density at radius 2 is 1.84 bits per heavy atom. The summed E-state index contributed by atoms with van der Waals surface area (Å²) < 4.78 is 13.3. The van der Waals surface area contributed by atoms with Gasteiger partial charge in [-0.1, -0.05) is 12.1 Å². The van der Waals surface area contributed by atoms with Gasteiger partial charge in [-0.15, -0.1) is 0 Å². The first kappa shape index (κ1) is 17.3. The Hall–Kier alpha value is -2.51. The molecule has 1 aliphatic rings. The van der Waals surface area contributed by atoms with Crippen LogP contribution >= 0.6 is 0 Å². The highest BCUT2D eigenvalue weighted by Gasteiger charge is 2.24. The number of nitro benzene ring substituents is 1. The fourth-order valence-electron chi connectivity index (χ4n) is 3.12. The van der Waals surface area contributed by atoms with Crippen LogP contribution in [0.1, 0.15) is 11.1 Å². The Labute approximate surface area is 145 Å². The van der Waals surface area contributed by atoms with Crippen molar-refractivity contribution in [2.75, 3.05) is 31.1 Å². The zero-order valence-corrected chi connectivity index (χ0v) is 13.8. The molecule has 1 saturated heterocycles. The van der Waals surface area contributed by atoms with E-state index in [0.29, 0.717) is 30.9 Å². The predicted octanol–water partition coefficient (Wildman–Crippen LogP) is 2.55. The summed E-state index contributed by atoms with van der Waals surface area (Å²) in [5, 5.41) is 20.6. The summed E-state index contributed by atoms with van der Waals surface area (Å²) in [5.74, 6) is -0.243. The van der Waals surface area contributed by atoms with Gasteiger partial charge < -0.3 is 10.0 Å². The largest absolute Gasteiger partial charge is 0.392 e. The van der Waals surface area contributed by atoms with Gasteiger partial charge in [-0.25, -0.2) is 4.39 Å². The van der Waals surface area contributed by atoms with Crippen molar-refractivity contribution in [2.24, 2.45) is 0 Å². The minimum Gasteiger partial charge on any atom is -0.392 e. The number of piperazine rings is 1. The van der Waals surface area contributed by atoms with Gasteiger partial charge in [0.2, 0.25) is 0 Å². The molecule has 0 saturated carbocycles. The Balaban J connectivity index is 1.69. The molecule has 0 bridgehead atoms. The Bertz CT molecular complexity index is 761. The zero-order valence-electron chi connectivity index (χ0n) is 13.8. The number of nitro groups is 1. The smallest absolute Gasteiger partial charge is 0.292 e. The molecule has 25 heavy (non-hydrogen) atoms. The molecule has 1 N–H and O–H groups in total. The third kappa shape index (κ3) is 4.12. The summed E-state index contributed by atoms with van der Waals surface area (Å²) in [6.45, 7) is 3.26. The second-order valence-electron chi connectivity index (χ2n) is 6.13. The second-order valence-corrected chi connectivity index (χ2v) is 6.13. The lowest BCUT2D eigenvalue weighted by Crippen LogP contribution is -2.46. The third-order valence-corrected chi connectivity index (χ3v) is 4.43. The lowest BCUT2D eigenvalue weighted by molar-refractivity contribution is -0.384. The van der Waals surface area contributed by atoms with Crippen LogP contribution in [-0.2, 0) is 13.2 Å². The number of halogens is 1. The molecule has 0 spiro atoms. The van der Waals surface area contributed by atoms with Gasteiger partial charge in [0.05, 0.1) is 11.5 Å². The molecule has 0 atom stereocenters. The quantitative estimate of drug-likeness (QED) is 0.666. The number of aliphatic hydroxyl groups excluding tert-OH is 1. The minimum atomic E-state index is -0.393. The molecule has 0 aliphatic carbocycles. The van der Waals surface area contributed by atoms with Crippen molar-refractivity contribution in [2.45, 2.75) is 13.2 Å². The van der Waals surface area contributed by atoms with E-state index in [1.807, 2.05) is 11.0 Å². The van der Waals surface area contributed by atoms with Gasteiger partial charge in [-0.2, -0.15) is 0 Å². The van der Waals surface area contributed by atoms with Crippen LogP contribution in [0.5, 0.6) is 0 Å². The topological polar surface area (TPSA) is 69.8 Å². The van der Waals surface area contributed by atoms with E-state index in [2.05, 4.69) is 4.90 Å². The average Bonchev–Trinajstić information content (AvgIpc) is 2.62. The first-order valence-corrected chi connectivity index (χ1v) is 8.17. The van der Waals surface area contributed by atoms with Crippen LogP contribution in [0, 0.1) is 15.9 Å². The molecule has 7 heteroatoms. The maximum atomic E-state index is 13.3. The van der Waals surface area contributed by atoms with Crippen LogP contribution in [0.15, 0.2) is 42.5 Å². The van der Waals surface area contributed by atoms with E-state index < -0.39 is 4.92 Å². The third-order valence-electron chi connectivity index (χ3n) is 4.43. The molecule has 0 unspecified atom stereocenters. The van der Waals surface area contributed by atoms with Crippen molar-refractivity contribution in [1.29, 1.82) is 0 Å². The average molecular weight is 345 g/mol. The molecule has 2 aromatic carbocycles. The van der Waals surface area contributed by atoms with Crippen molar-refractivity contribution in [1.82, 2.24) is 4.90 Å². The van der Waals surface area contributed by atoms with Crippen LogP contribution in [0.25, 0.3) is 0 Å². The Kier molecular flexibility index (Phi) is 5.25. The van der Waals surface area contributed by atoms with E-state index in [4.69, 9.17) is 0 Å². The maximum absolute atomic E-state index is 13.3. The normalized spacial score (nSPS) is 15.4. The predicted molar refractivity (Wildman–Crippen MR) is 92.9 cm³/mol. The van der Waals surface area contributed by atoms with Gasteiger partial charge in [-0.3, -0.25) is 15.0 Å². The van der Waals surface area contributed by atoms with Crippen LogP contribution < -0.4 is 4.90 Å². The number of hydrogen-bond acceptors (Lipinski definition) is 5. The van der Waals surface area contributed by atoms with Crippen molar-refractivity contribution < 1.29 is 14.4 Å². The zero-order chi connectivity index (χ0) is 17.8. The van der Waals surface area contributed by atoms with Gasteiger partial charge >= 0.3 is 0 Å². The number of aliphatic hydroxyl groups is 1. The molecule has 1 aliphatic heterocycles. The minimum absolute atomic E-state index is 0.0516. The molecule has 3 rings (SSSR count). The first-order valence-electron chi connectivity index (χ1n) is 8.17. The van der Waals surface area contributed by atoms with Crippen molar-refractivity contribution in [3.8, 4) is 0 Å². The molecular formula is C18H20FN3O3. The number of benzene rings is 2. The van der Waals surface area contributed by atoms with Crippen LogP contribution in [-0.4, -0.2) is 41.1 Å². The van der Waals surface area contributed by atoms with Crippen LogP contribution in [0.2, 0.25) is 0 Å². The van der Waals surface area contributed by atoms with E-state index in [1.165, 1.54) is 18.2 Å². The summed E-state index contributed by atoms with van der Waals surface area (Å²) in [7, 11) is 0. The number of hydrogen-bond donors (Lipinski definition) is 1. The van der Waals surface area contributed by atoms with E-state index in [1.54, 1.807) is 18.2 Å². The van der Waals surface area contributed by atoms with E-state index in [0.717, 1.165) is 18.7 Å². The van der Waals surface area contributed by atoms with Gasteiger partial charge in [0.15, 0.2) is 0 Å². The molecular weight excluding hydrogens is 325 g/mol. The fraction of sp³-hybridized carbons (Fsp3) is 0.333. The highest BCUT2D eigenvalue weighted by Crippen LogP contribution is 2.30. The molecule has 1 heterocycles. The monoisotopic (exact) mass is 345 g/mol. The molecule has 0 radical (unpaired) electrons. The SMILES string of the molecule is O=[N+]([O-])c1ccc(CO)cc1N1CCN(Cc2cccc(F)c2)CC1. The summed E-state index contributed by atoms with van der Waals surface area (Å²) in [4.78, 5) is 15.1. The summed E-state index contributed by atoms with van der Waals surface area (Å²) in [5.41, 5.74) is 2.17. The van der Waals surface area contributed by atoms with Crippen molar-refractivity contribution in [3.05, 3.63) is 69.5 Å². The van der Waals surface area contributed by atoms with Gasteiger partial charge in [0.1, 0.15) is 11.5 Å². The van der Waals surface area contributed by atoms with Gasteiger partial charge in [0, 0.05) is 38.8 Å². The number of nitrogens with zero attached hydrogens (tertiary/aromatic N) is 3. The molecule has 2 aromatic rings. The van der Waals surface area contributed by atoms with Gasteiger partial charge in [0.25, 0.3) is 5.69 Å². The summed E-state index contributed by atoms with van der Waals surface area (Å²) in [6, 6.07) is 11.2. The first-order chi connectivity index (χ1) is 12.1. The second kappa shape index (κ2) is 7.58. The Morgan fingerprint density at radius 3 is 2.48 bits per heavy atom. The molecule has 1 fully saturated rings. The van der Waals surface area contributed by atoms with Crippen molar-refractivity contribution >= 4 is 11.4 Å². The highest BCUT2D eigenvalue weighted by molar-refractivity contribution is 5.64. The van der Waals surface area contributed by atoms with Crippen molar-refractivity contribution in [3.63, 3.8) is 0 Å².